The molecule has 0 radical (unpaired) electrons. The first kappa shape index (κ1) is 13.6. The highest BCUT2D eigenvalue weighted by Crippen LogP contribution is 2.44. The molecule has 1 amide bonds. The average Bonchev–Trinajstić information content (AvgIpc) is 2.96. The molecule has 3 nitrogen and oxygen atoms in total. The molecular weight excluding hydrogens is 255 g/mol. The van der Waals surface area contributed by atoms with Gasteiger partial charge in [0.2, 0.25) is 5.91 Å². The van der Waals surface area contributed by atoms with Gasteiger partial charge >= 0.3 is 0 Å². The van der Waals surface area contributed by atoms with E-state index in [0.717, 1.165) is 19.3 Å². The summed E-state index contributed by atoms with van der Waals surface area (Å²) >= 11 is 0. The summed E-state index contributed by atoms with van der Waals surface area (Å²) in [5.74, 6) is 0.559. The number of rotatable bonds is 2. The number of amides is 1. The first-order chi connectivity index (χ1) is 9.47. The van der Waals surface area contributed by atoms with Crippen LogP contribution in [0.3, 0.4) is 0 Å². The summed E-state index contributed by atoms with van der Waals surface area (Å²) < 4.78 is 13.1. The fourth-order valence-corrected chi connectivity index (χ4v) is 3.79. The zero-order valence-corrected chi connectivity index (χ0v) is 11.7. The van der Waals surface area contributed by atoms with Gasteiger partial charge in [-0.25, -0.2) is 4.39 Å². The topological polar surface area (TPSA) is 55.1 Å². The van der Waals surface area contributed by atoms with Crippen molar-refractivity contribution < 1.29 is 9.18 Å². The van der Waals surface area contributed by atoms with Crippen molar-refractivity contribution in [3.8, 4) is 0 Å². The lowest BCUT2D eigenvalue weighted by atomic mass is 9.81. The normalized spacial score (nSPS) is 37.1. The summed E-state index contributed by atoms with van der Waals surface area (Å²) in [5, 5.41) is 3.06. The summed E-state index contributed by atoms with van der Waals surface area (Å²) in [6.07, 6.45) is 4.04. The van der Waals surface area contributed by atoms with Crippen LogP contribution in [0.2, 0.25) is 0 Å². The summed E-state index contributed by atoms with van der Waals surface area (Å²) in [4.78, 5) is 11.9. The Balaban J connectivity index is 1.80. The Morgan fingerprint density at radius 1 is 1.30 bits per heavy atom. The Morgan fingerprint density at radius 2 is 2.00 bits per heavy atom. The van der Waals surface area contributed by atoms with Crippen molar-refractivity contribution in [3.63, 3.8) is 0 Å². The molecule has 1 aromatic rings. The van der Waals surface area contributed by atoms with Crippen LogP contribution in [0.15, 0.2) is 24.3 Å². The van der Waals surface area contributed by atoms with Gasteiger partial charge in [0.1, 0.15) is 5.82 Å². The van der Waals surface area contributed by atoms with Crippen molar-refractivity contribution in [2.45, 2.75) is 50.1 Å². The lowest BCUT2D eigenvalue weighted by molar-refractivity contribution is -0.123. The first-order valence-electron chi connectivity index (χ1n) is 7.33. The van der Waals surface area contributed by atoms with Crippen LogP contribution in [-0.2, 0) is 4.79 Å². The molecule has 0 aromatic heterocycles. The van der Waals surface area contributed by atoms with Crippen molar-refractivity contribution in [1.82, 2.24) is 5.32 Å². The molecule has 1 heterocycles. The predicted molar refractivity (Wildman–Crippen MR) is 75.6 cm³/mol. The van der Waals surface area contributed by atoms with Gasteiger partial charge in [0.05, 0.1) is 5.54 Å². The number of nitrogens with one attached hydrogen (secondary N) is 1. The highest BCUT2D eigenvalue weighted by molar-refractivity contribution is 5.88. The average molecular weight is 276 g/mol. The van der Waals surface area contributed by atoms with Gasteiger partial charge in [0, 0.05) is 6.04 Å². The second-order valence-electron chi connectivity index (χ2n) is 6.45. The molecule has 2 aliphatic rings. The second-order valence-corrected chi connectivity index (χ2v) is 6.45. The van der Waals surface area contributed by atoms with Gasteiger partial charge in [0.25, 0.3) is 0 Å². The SMILES string of the molecule is C[C@]1(N)C[C@H]([C@@H]2CCC[C@H]2c2ccc(F)cc2)NC1=O. The van der Waals surface area contributed by atoms with Gasteiger partial charge in [-0.05, 0) is 55.7 Å². The number of benzene rings is 1. The van der Waals surface area contributed by atoms with E-state index in [9.17, 15) is 9.18 Å². The van der Waals surface area contributed by atoms with Gasteiger partial charge < -0.3 is 11.1 Å². The smallest absolute Gasteiger partial charge is 0.240 e. The van der Waals surface area contributed by atoms with Crippen LogP contribution < -0.4 is 11.1 Å². The summed E-state index contributed by atoms with van der Waals surface area (Å²) in [7, 11) is 0. The van der Waals surface area contributed by atoms with E-state index in [4.69, 9.17) is 5.73 Å². The zero-order chi connectivity index (χ0) is 14.3. The van der Waals surface area contributed by atoms with E-state index in [1.54, 1.807) is 6.92 Å². The highest BCUT2D eigenvalue weighted by Gasteiger charge is 2.45. The van der Waals surface area contributed by atoms with E-state index >= 15 is 0 Å². The van der Waals surface area contributed by atoms with E-state index in [2.05, 4.69) is 5.32 Å². The summed E-state index contributed by atoms with van der Waals surface area (Å²) in [6, 6.07) is 6.93. The summed E-state index contributed by atoms with van der Waals surface area (Å²) in [6.45, 7) is 1.80. The fraction of sp³-hybridized carbons (Fsp3) is 0.562. The zero-order valence-electron chi connectivity index (χ0n) is 11.7. The molecule has 1 aliphatic carbocycles. The van der Waals surface area contributed by atoms with Crippen LogP contribution in [0.1, 0.15) is 44.1 Å². The number of nitrogens with two attached hydrogens (primary N) is 1. The molecule has 108 valence electrons. The molecule has 0 bridgehead atoms. The molecule has 0 spiro atoms. The van der Waals surface area contributed by atoms with E-state index in [-0.39, 0.29) is 17.8 Å². The maximum absolute atomic E-state index is 13.1. The Kier molecular flexibility index (Phi) is 3.28. The van der Waals surface area contributed by atoms with Gasteiger partial charge in [-0.2, -0.15) is 0 Å². The van der Waals surface area contributed by atoms with Crippen molar-refractivity contribution in [2.75, 3.05) is 0 Å². The van der Waals surface area contributed by atoms with Crippen LogP contribution in [0.25, 0.3) is 0 Å². The predicted octanol–water partition coefficient (Wildman–Crippen LogP) is 2.32. The van der Waals surface area contributed by atoms with Gasteiger partial charge in [-0.15, -0.1) is 0 Å². The Labute approximate surface area is 118 Å². The van der Waals surface area contributed by atoms with Crippen LogP contribution in [-0.4, -0.2) is 17.5 Å². The largest absolute Gasteiger partial charge is 0.351 e. The fourth-order valence-electron chi connectivity index (χ4n) is 3.79. The van der Waals surface area contributed by atoms with E-state index < -0.39 is 5.54 Å². The quantitative estimate of drug-likeness (QED) is 0.871. The number of carbonyl (C=O) groups is 1. The minimum absolute atomic E-state index is 0.0488. The number of halogens is 1. The second kappa shape index (κ2) is 4.85. The minimum Gasteiger partial charge on any atom is -0.351 e. The van der Waals surface area contributed by atoms with Crippen molar-refractivity contribution in [2.24, 2.45) is 11.7 Å². The Hall–Kier alpha value is -1.42. The molecule has 1 saturated heterocycles. The molecule has 3 N–H and O–H groups in total. The molecular formula is C16H21FN2O. The highest BCUT2D eigenvalue weighted by atomic mass is 19.1. The van der Waals surface area contributed by atoms with Crippen LogP contribution >= 0.6 is 0 Å². The third-order valence-electron chi connectivity index (χ3n) is 4.86. The Morgan fingerprint density at radius 3 is 2.60 bits per heavy atom. The van der Waals surface area contributed by atoms with Crippen molar-refractivity contribution >= 4 is 5.91 Å². The standard InChI is InChI=1S/C16H21FN2O/c1-16(18)9-14(19-15(16)20)13-4-2-3-12(13)10-5-7-11(17)8-6-10/h5-8,12-14H,2-4,9,18H2,1H3,(H,19,20)/t12-,13+,14+,16-/m0/s1. The van der Waals surface area contributed by atoms with Crippen LogP contribution in [0.4, 0.5) is 4.39 Å². The monoisotopic (exact) mass is 276 g/mol. The Bertz CT molecular complexity index is 512. The maximum atomic E-state index is 13.1. The van der Waals surface area contributed by atoms with Gasteiger partial charge in [0.15, 0.2) is 0 Å². The van der Waals surface area contributed by atoms with Crippen molar-refractivity contribution in [1.29, 1.82) is 0 Å². The molecule has 4 atom stereocenters. The molecule has 2 fully saturated rings. The molecule has 1 saturated carbocycles. The summed E-state index contributed by atoms with van der Waals surface area (Å²) in [5.41, 5.74) is 6.45. The van der Waals surface area contributed by atoms with E-state index in [1.807, 2.05) is 12.1 Å². The van der Waals surface area contributed by atoms with Crippen molar-refractivity contribution in [3.05, 3.63) is 35.6 Å². The van der Waals surface area contributed by atoms with Gasteiger partial charge in [-0.1, -0.05) is 18.6 Å². The lowest BCUT2D eigenvalue weighted by Crippen LogP contribution is -2.43. The first-order valence-corrected chi connectivity index (χ1v) is 7.33. The molecule has 4 heteroatoms. The molecule has 1 aliphatic heterocycles. The number of carbonyl (C=O) groups excluding carboxylic acids is 1. The maximum Gasteiger partial charge on any atom is 0.240 e. The molecule has 20 heavy (non-hydrogen) atoms. The molecule has 0 unspecified atom stereocenters. The van der Waals surface area contributed by atoms with Crippen LogP contribution in [0, 0.1) is 11.7 Å². The van der Waals surface area contributed by atoms with E-state index in [0.29, 0.717) is 18.3 Å². The lowest BCUT2D eigenvalue weighted by Gasteiger charge is -2.26. The number of hydrogen-bond donors (Lipinski definition) is 2. The molecule has 1 aromatic carbocycles. The minimum atomic E-state index is -0.749. The molecule has 3 rings (SSSR count). The van der Waals surface area contributed by atoms with Crippen LogP contribution in [0.5, 0.6) is 0 Å². The van der Waals surface area contributed by atoms with Gasteiger partial charge in [-0.3, -0.25) is 4.79 Å². The number of hydrogen-bond acceptors (Lipinski definition) is 2. The van der Waals surface area contributed by atoms with E-state index in [1.165, 1.54) is 17.7 Å². The third-order valence-corrected chi connectivity index (χ3v) is 4.86. The third kappa shape index (κ3) is 2.33.